The van der Waals surface area contributed by atoms with Gasteiger partial charge in [0, 0.05) is 32.7 Å². The van der Waals surface area contributed by atoms with Gasteiger partial charge in [0.2, 0.25) is 5.91 Å². The van der Waals surface area contributed by atoms with E-state index in [0.717, 1.165) is 12.8 Å². The van der Waals surface area contributed by atoms with Crippen molar-refractivity contribution in [3.8, 4) is 0 Å². The second-order valence-electron chi connectivity index (χ2n) is 5.92. The highest BCUT2D eigenvalue weighted by Crippen LogP contribution is 2.29. The van der Waals surface area contributed by atoms with Crippen LogP contribution in [0.1, 0.15) is 26.7 Å². The molecule has 0 aromatic heterocycles. The van der Waals surface area contributed by atoms with Crippen LogP contribution in [0.2, 0.25) is 0 Å². The maximum atomic E-state index is 13.8. The Bertz CT molecular complexity index is 500. The van der Waals surface area contributed by atoms with Crippen LogP contribution in [-0.4, -0.2) is 43.5 Å². The van der Waals surface area contributed by atoms with Crippen LogP contribution in [0.3, 0.4) is 0 Å². The number of amides is 1. The van der Waals surface area contributed by atoms with Gasteiger partial charge in [-0.25, -0.2) is 4.39 Å². The Hall–Kier alpha value is -1.62. The standard InChI is InChI=1S/C17H26FN3O/c1-3-17(4-2,13-19)16(22)21-11-9-20(10-12-21)15-8-6-5-7-14(15)18/h5-8H,3-4,9-13,19H2,1-2H3. The van der Waals surface area contributed by atoms with Gasteiger partial charge >= 0.3 is 0 Å². The van der Waals surface area contributed by atoms with Crippen LogP contribution < -0.4 is 10.6 Å². The molecule has 0 radical (unpaired) electrons. The van der Waals surface area contributed by atoms with Crippen LogP contribution in [0, 0.1) is 11.2 Å². The summed E-state index contributed by atoms with van der Waals surface area (Å²) in [5.74, 6) is -0.0612. The molecule has 0 saturated carbocycles. The molecular formula is C17H26FN3O. The first kappa shape index (κ1) is 16.7. The van der Waals surface area contributed by atoms with Gasteiger partial charge in [-0.05, 0) is 25.0 Å². The van der Waals surface area contributed by atoms with Crippen molar-refractivity contribution in [3.63, 3.8) is 0 Å². The molecule has 2 rings (SSSR count). The fourth-order valence-electron chi connectivity index (χ4n) is 3.12. The minimum atomic E-state index is -0.444. The van der Waals surface area contributed by atoms with Crippen molar-refractivity contribution in [2.45, 2.75) is 26.7 Å². The number of carbonyl (C=O) groups excluding carboxylic acids is 1. The molecular weight excluding hydrogens is 281 g/mol. The van der Waals surface area contributed by atoms with Gasteiger partial charge in [-0.1, -0.05) is 26.0 Å². The summed E-state index contributed by atoms with van der Waals surface area (Å²) in [6, 6.07) is 6.79. The normalized spacial score (nSPS) is 16.0. The second-order valence-corrected chi connectivity index (χ2v) is 5.92. The molecule has 1 aromatic carbocycles. The van der Waals surface area contributed by atoms with Gasteiger partial charge in [0.25, 0.3) is 0 Å². The Balaban J connectivity index is 2.03. The average Bonchev–Trinajstić information content (AvgIpc) is 2.57. The van der Waals surface area contributed by atoms with Gasteiger partial charge in [-0.15, -0.1) is 0 Å². The summed E-state index contributed by atoms with van der Waals surface area (Å²) in [6.45, 7) is 6.96. The molecule has 5 heteroatoms. The Kier molecular flexibility index (Phi) is 5.40. The molecule has 0 unspecified atom stereocenters. The number of hydrogen-bond acceptors (Lipinski definition) is 3. The van der Waals surface area contributed by atoms with E-state index in [0.29, 0.717) is 38.4 Å². The molecule has 2 N–H and O–H groups in total. The third-order valence-corrected chi connectivity index (χ3v) is 4.96. The van der Waals surface area contributed by atoms with Crippen LogP contribution >= 0.6 is 0 Å². The Morgan fingerprint density at radius 3 is 2.27 bits per heavy atom. The van der Waals surface area contributed by atoms with Crippen LogP contribution in [0.4, 0.5) is 10.1 Å². The molecule has 1 amide bonds. The molecule has 1 fully saturated rings. The van der Waals surface area contributed by atoms with E-state index in [2.05, 4.69) is 0 Å². The topological polar surface area (TPSA) is 49.6 Å². The fourth-order valence-corrected chi connectivity index (χ4v) is 3.12. The number of carbonyl (C=O) groups is 1. The zero-order chi connectivity index (χ0) is 16.2. The third-order valence-electron chi connectivity index (χ3n) is 4.96. The minimum absolute atomic E-state index is 0.146. The van der Waals surface area contributed by atoms with Crippen molar-refractivity contribution in [2.75, 3.05) is 37.6 Å². The zero-order valence-electron chi connectivity index (χ0n) is 13.5. The summed E-state index contributed by atoms with van der Waals surface area (Å²) in [7, 11) is 0. The maximum absolute atomic E-state index is 13.8. The first-order chi connectivity index (χ1) is 10.6. The van der Waals surface area contributed by atoms with Crippen LogP contribution in [-0.2, 0) is 4.79 Å². The van der Waals surface area contributed by atoms with Gasteiger partial charge in [0.15, 0.2) is 0 Å². The SMILES string of the molecule is CCC(CC)(CN)C(=O)N1CCN(c2ccccc2F)CC1. The maximum Gasteiger partial charge on any atom is 0.230 e. The van der Waals surface area contributed by atoms with E-state index in [4.69, 9.17) is 5.73 Å². The number of nitrogens with two attached hydrogens (primary N) is 1. The molecule has 1 aliphatic heterocycles. The third kappa shape index (κ3) is 3.09. The van der Waals surface area contributed by atoms with Crippen molar-refractivity contribution >= 4 is 11.6 Å². The van der Waals surface area contributed by atoms with Crippen LogP contribution in [0.15, 0.2) is 24.3 Å². The van der Waals surface area contributed by atoms with Crippen molar-refractivity contribution in [2.24, 2.45) is 11.1 Å². The van der Waals surface area contributed by atoms with Crippen molar-refractivity contribution in [3.05, 3.63) is 30.1 Å². The van der Waals surface area contributed by atoms with E-state index in [9.17, 15) is 9.18 Å². The second kappa shape index (κ2) is 7.09. The van der Waals surface area contributed by atoms with Crippen molar-refractivity contribution in [1.82, 2.24) is 4.90 Å². The lowest BCUT2D eigenvalue weighted by atomic mass is 9.81. The van der Waals surface area contributed by atoms with Crippen LogP contribution in [0.5, 0.6) is 0 Å². The van der Waals surface area contributed by atoms with Gasteiger partial charge in [0.05, 0.1) is 11.1 Å². The fraction of sp³-hybridized carbons (Fsp3) is 0.588. The number of hydrogen-bond donors (Lipinski definition) is 1. The molecule has 4 nitrogen and oxygen atoms in total. The molecule has 0 spiro atoms. The number of rotatable bonds is 5. The summed E-state index contributed by atoms with van der Waals surface area (Å²) >= 11 is 0. The molecule has 0 atom stereocenters. The smallest absolute Gasteiger partial charge is 0.230 e. The monoisotopic (exact) mass is 307 g/mol. The summed E-state index contributed by atoms with van der Waals surface area (Å²) in [6.07, 6.45) is 1.51. The lowest BCUT2D eigenvalue weighted by Gasteiger charge is -2.41. The van der Waals surface area contributed by atoms with E-state index in [-0.39, 0.29) is 11.7 Å². The molecule has 1 saturated heterocycles. The average molecular weight is 307 g/mol. The first-order valence-electron chi connectivity index (χ1n) is 8.07. The lowest BCUT2D eigenvalue weighted by molar-refractivity contribution is -0.142. The zero-order valence-corrected chi connectivity index (χ0v) is 13.5. The van der Waals surface area contributed by atoms with Crippen molar-refractivity contribution < 1.29 is 9.18 Å². The number of para-hydroxylation sites is 1. The molecule has 0 bridgehead atoms. The molecule has 22 heavy (non-hydrogen) atoms. The highest BCUT2D eigenvalue weighted by atomic mass is 19.1. The Morgan fingerprint density at radius 2 is 1.77 bits per heavy atom. The predicted octanol–water partition coefficient (Wildman–Crippen LogP) is 2.24. The largest absolute Gasteiger partial charge is 0.366 e. The van der Waals surface area contributed by atoms with E-state index in [1.54, 1.807) is 12.1 Å². The number of halogens is 1. The quantitative estimate of drug-likeness (QED) is 0.907. The van der Waals surface area contributed by atoms with Crippen LogP contribution in [0.25, 0.3) is 0 Å². The Morgan fingerprint density at radius 1 is 1.18 bits per heavy atom. The molecule has 1 aromatic rings. The highest BCUT2D eigenvalue weighted by Gasteiger charge is 2.37. The van der Waals surface area contributed by atoms with E-state index in [1.807, 2.05) is 29.7 Å². The van der Waals surface area contributed by atoms with E-state index in [1.165, 1.54) is 6.07 Å². The first-order valence-corrected chi connectivity index (χ1v) is 8.07. The number of benzene rings is 1. The number of anilines is 1. The van der Waals surface area contributed by atoms with Gasteiger partial charge in [-0.3, -0.25) is 4.79 Å². The lowest BCUT2D eigenvalue weighted by Crippen LogP contribution is -2.55. The summed E-state index contributed by atoms with van der Waals surface area (Å²) < 4.78 is 13.8. The highest BCUT2D eigenvalue weighted by molar-refractivity contribution is 5.83. The summed E-state index contributed by atoms with van der Waals surface area (Å²) in [5, 5.41) is 0. The summed E-state index contributed by atoms with van der Waals surface area (Å²) in [5.41, 5.74) is 6.04. The van der Waals surface area contributed by atoms with Gasteiger partial charge in [0.1, 0.15) is 5.82 Å². The van der Waals surface area contributed by atoms with Gasteiger partial charge < -0.3 is 15.5 Å². The van der Waals surface area contributed by atoms with Crippen molar-refractivity contribution in [1.29, 1.82) is 0 Å². The van der Waals surface area contributed by atoms with Gasteiger partial charge in [-0.2, -0.15) is 0 Å². The van der Waals surface area contributed by atoms with E-state index >= 15 is 0 Å². The molecule has 0 aliphatic carbocycles. The predicted molar refractivity (Wildman–Crippen MR) is 87.3 cm³/mol. The Labute approximate surface area is 132 Å². The number of piperazine rings is 1. The number of nitrogens with zero attached hydrogens (tertiary/aromatic N) is 2. The summed E-state index contributed by atoms with van der Waals surface area (Å²) in [4.78, 5) is 16.7. The molecule has 122 valence electrons. The van der Waals surface area contributed by atoms with E-state index < -0.39 is 5.41 Å². The molecule has 1 aliphatic rings. The molecule has 1 heterocycles. The minimum Gasteiger partial charge on any atom is -0.366 e.